The molecule has 2 N–H and O–H groups in total. The molecule has 0 aliphatic heterocycles. The summed E-state index contributed by atoms with van der Waals surface area (Å²) in [6.07, 6.45) is 0.965. The molecular weight excluding hydrogens is 236 g/mol. The zero-order chi connectivity index (χ0) is 9.84. The van der Waals surface area contributed by atoms with Gasteiger partial charge in [0, 0.05) is 6.20 Å². The minimum absolute atomic E-state index is 0.504. The zero-order valence-corrected chi connectivity index (χ0v) is 8.61. The van der Waals surface area contributed by atoms with Gasteiger partial charge in [0.2, 0.25) is 0 Å². The number of primary amides is 1. The minimum Gasteiger partial charge on any atom is -0.478 e. The van der Waals surface area contributed by atoms with E-state index in [2.05, 4.69) is 20.9 Å². The first kappa shape index (κ1) is 9.98. The normalized spacial score (nSPS) is 12.2. The lowest BCUT2D eigenvalue weighted by Gasteiger charge is -2.11. The Bertz CT molecular complexity index is 317. The average molecular weight is 245 g/mol. The number of nitrogens with two attached hydrogens (primary N) is 1. The van der Waals surface area contributed by atoms with Crippen LogP contribution >= 0.6 is 15.9 Å². The van der Waals surface area contributed by atoms with E-state index in [0.717, 1.165) is 0 Å². The van der Waals surface area contributed by atoms with Crippen LogP contribution in [-0.4, -0.2) is 17.0 Å². The second-order valence-corrected chi connectivity index (χ2v) is 3.21. The molecule has 13 heavy (non-hydrogen) atoms. The molecule has 0 saturated heterocycles. The number of hydrogen-bond acceptors (Lipinski definition) is 3. The van der Waals surface area contributed by atoms with Crippen molar-refractivity contribution < 1.29 is 9.53 Å². The highest BCUT2D eigenvalue weighted by Gasteiger charge is 2.11. The Labute approximate surface area is 84.2 Å². The SMILES string of the molecule is CC(Oc1cccnc1Br)C(N)=O. The van der Waals surface area contributed by atoms with Crippen molar-refractivity contribution in [2.24, 2.45) is 5.73 Å². The van der Waals surface area contributed by atoms with Gasteiger partial charge in [0.05, 0.1) is 0 Å². The molecule has 0 spiro atoms. The predicted molar refractivity (Wildman–Crippen MR) is 51.2 cm³/mol. The van der Waals surface area contributed by atoms with E-state index in [0.29, 0.717) is 10.4 Å². The molecule has 1 atom stereocenters. The van der Waals surface area contributed by atoms with Gasteiger partial charge < -0.3 is 10.5 Å². The number of carbonyl (C=O) groups is 1. The number of halogens is 1. The van der Waals surface area contributed by atoms with Crippen LogP contribution in [0.2, 0.25) is 0 Å². The first-order valence-corrected chi connectivity index (χ1v) is 4.47. The minimum atomic E-state index is -0.652. The smallest absolute Gasteiger partial charge is 0.258 e. The summed E-state index contributed by atoms with van der Waals surface area (Å²) in [6.45, 7) is 1.59. The summed E-state index contributed by atoms with van der Waals surface area (Å²) in [4.78, 5) is 14.6. The van der Waals surface area contributed by atoms with Crippen molar-refractivity contribution in [2.75, 3.05) is 0 Å². The van der Waals surface area contributed by atoms with E-state index < -0.39 is 12.0 Å². The highest BCUT2D eigenvalue weighted by molar-refractivity contribution is 9.10. The second kappa shape index (κ2) is 4.23. The molecule has 70 valence electrons. The number of carbonyl (C=O) groups excluding carboxylic acids is 1. The zero-order valence-electron chi connectivity index (χ0n) is 7.03. The van der Waals surface area contributed by atoms with Crippen LogP contribution in [0.5, 0.6) is 5.75 Å². The molecule has 0 aromatic carbocycles. The number of ether oxygens (including phenoxy) is 1. The summed E-state index contributed by atoms with van der Waals surface area (Å²) in [6, 6.07) is 3.42. The lowest BCUT2D eigenvalue weighted by atomic mass is 10.4. The van der Waals surface area contributed by atoms with Gasteiger partial charge in [-0.05, 0) is 35.0 Å². The molecular formula is C8H9BrN2O2. The fourth-order valence-electron chi connectivity index (χ4n) is 0.708. The van der Waals surface area contributed by atoms with Gasteiger partial charge in [0.1, 0.15) is 4.60 Å². The van der Waals surface area contributed by atoms with Gasteiger partial charge in [0.15, 0.2) is 11.9 Å². The Balaban J connectivity index is 2.74. The molecule has 1 aromatic heterocycles. The molecule has 4 nitrogen and oxygen atoms in total. The van der Waals surface area contributed by atoms with Gasteiger partial charge in [-0.2, -0.15) is 0 Å². The fraction of sp³-hybridized carbons (Fsp3) is 0.250. The van der Waals surface area contributed by atoms with Crippen molar-refractivity contribution in [3.8, 4) is 5.75 Å². The summed E-state index contributed by atoms with van der Waals surface area (Å²) in [5.41, 5.74) is 5.03. The van der Waals surface area contributed by atoms with Crippen LogP contribution in [0, 0.1) is 0 Å². The Hall–Kier alpha value is -1.10. The maximum atomic E-state index is 10.7. The van der Waals surface area contributed by atoms with E-state index in [1.807, 2.05) is 0 Å². The van der Waals surface area contributed by atoms with Crippen LogP contribution < -0.4 is 10.5 Å². The van der Waals surface area contributed by atoms with E-state index in [9.17, 15) is 4.79 Å². The lowest BCUT2D eigenvalue weighted by molar-refractivity contribution is -0.124. The van der Waals surface area contributed by atoms with E-state index >= 15 is 0 Å². The largest absolute Gasteiger partial charge is 0.478 e. The van der Waals surface area contributed by atoms with Crippen molar-refractivity contribution >= 4 is 21.8 Å². The Kier molecular flexibility index (Phi) is 3.25. The van der Waals surface area contributed by atoms with Crippen LogP contribution in [0.4, 0.5) is 0 Å². The molecule has 1 unspecified atom stereocenters. The van der Waals surface area contributed by atoms with Gasteiger partial charge >= 0.3 is 0 Å². The van der Waals surface area contributed by atoms with Gasteiger partial charge in [0.25, 0.3) is 5.91 Å². The first-order chi connectivity index (χ1) is 6.11. The predicted octanol–water partition coefficient (Wildman–Crippen LogP) is 1.10. The molecule has 1 aromatic rings. The van der Waals surface area contributed by atoms with E-state index in [4.69, 9.17) is 10.5 Å². The molecule has 5 heteroatoms. The molecule has 1 amide bonds. The monoisotopic (exact) mass is 244 g/mol. The van der Waals surface area contributed by atoms with E-state index in [1.54, 1.807) is 25.3 Å². The number of hydrogen-bond donors (Lipinski definition) is 1. The number of aromatic nitrogens is 1. The maximum Gasteiger partial charge on any atom is 0.258 e. The van der Waals surface area contributed by atoms with E-state index in [1.165, 1.54) is 0 Å². The Morgan fingerprint density at radius 2 is 2.46 bits per heavy atom. The number of amides is 1. The van der Waals surface area contributed by atoms with Crippen LogP contribution in [0.25, 0.3) is 0 Å². The molecule has 0 bridgehead atoms. The lowest BCUT2D eigenvalue weighted by Crippen LogP contribution is -2.30. The van der Waals surface area contributed by atoms with Crippen LogP contribution in [0.15, 0.2) is 22.9 Å². The van der Waals surface area contributed by atoms with Gasteiger partial charge in [-0.25, -0.2) is 4.98 Å². The van der Waals surface area contributed by atoms with Gasteiger partial charge in [-0.3, -0.25) is 4.79 Å². The molecule has 0 saturated carbocycles. The highest BCUT2D eigenvalue weighted by atomic mass is 79.9. The highest BCUT2D eigenvalue weighted by Crippen LogP contribution is 2.21. The molecule has 0 fully saturated rings. The van der Waals surface area contributed by atoms with Crippen LogP contribution in [0.1, 0.15) is 6.92 Å². The Morgan fingerprint density at radius 3 is 3.00 bits per heavy atom. The van der Waals surface area contributed by atoms with Crippen molar-refractivity contribution in [2.45, 2.75) is 13.0 Å². The summed E-state index contributed by atoms with van der Waals surface area (Å²) < 4.78 is 5.78. The molecule has 0 radical (unpaired) electrons. The summed E-state index contributed by atoms with van der Waals surface area (Å²) in [7, 11) is 0. The van der Waals surface area contributed by atoms with Crippen LogP contribution in [-0.2, 0) is 4.79 Å². The number of pyridine rings is 1. The number of rotatable bonds is 3. The molecule has 1 heterocycles. The van der Waals surface area contributed by atoms with Crippen molar-refractivity contribution in [1.82, 2.24) is 4.98 Å². The van der Waals surface area contributed by atoms with Crippen molar-refractivity contribution in [1.29, 1.82) is 0 Å². The third-order valence-electron chi connectivity index (χ3n) is 1.43. The average Bonchev–Trinajstić information content (AvgIpc) is 2.08. The fourth-order valence-corrected chi connectivity index (χ4v) is 1.05. The molecule has 1 rings (SSSR count). The van der Waals surface area contributed by atoms with Crippen LogP contribution in [0.3, 0.4) is 0 Å². The standard InChI is InChI=1S/C8H9BrN2O2/c1-5(8(10)12)13-6-3-2-4-11-7(6)9/h2-5H,1H3,(H2,10,12). The third-order valence-corrected chi connectivity index (χ3v) is 2.02. The maximum absolute atomic E-state index is 10.7. The Morgan fingerprint density at radius 1 is 1.77 bits per heavy atom. The first-order valence-electron chi connectivity index (χ1n) is 3.67. The van der Waals surface area contributed by atoms with Crippen molar-refractivity contribution in [3.63, 3.8) is 0 Å². The van der Waals surface area contributed by atoms with Crippen molar-refractivity contribution in [3.05, 3.63) is 22.9 Å². The quantitative estimate of drug-likeness (QED) is 0.811. The summed E-state index contributed by atoms with van der Waals surface area (Å²) in [5, 5.41) is 0. The third kappa shape index (κ3) is 2.69. The topological polar surface area (TPSA) is 65.2 Å². The molecule has 0 aliphatic rings. The van der Waals surface area contributed by atoms with Gasteiger partial charge in [-0.1, -0.05) is 0 Å². The number of nitrogens with zero attached hydrogens (tertiary/aromatic N) is 1. The van der Waals surface area contributed by atoms with E-state index in [-0.39, 0.29) is 0 Å². The van der Waals surface area contributed by atoms with Gasteiger partial charge in [-0.15, -0.1) is 0 Å². The summed E-state index contributed by atoms with van der Waals surface area (Å²) >= 11 is 3.19. The second-order valence-electron chi connectivity index (χ2n) is 2.45. The molecule has 0 aliphatic carbocycles. The summed E-state index contributed by atoms with van der Waals surface area (Å²) in [5.74, 6) is 0.00422.